The molecule has 2 N–H and O–H groups in total. The van der Waals surface area contributed by atoms with Crippen LogP contribution in [0.2, 0.25) is 0 Å². The SMILES string of the molecule is Cc1cc(CNC(=O)c2cc(-c3ccc(-c4ccoc4)cc3)n(C)n2)ccc1OC(C)(C)C(=O)O. The van der Waals surface area contributed by atoms with Crippen molar-refractivity contribution in [3.8, 4) is 28.1 Å². The van der Waals surface area contributed by atoms with Crippen molar-refractivity contribution < 1.29 is 23.8 Å². The van der Waals surface area contributed by atoms with Gasteiger partial charge in [0.25, 0.3) is 5.91 Å². The van der Waals surface area contributed by atoms with Crippen LogP contribution in [0.1, 0.15) is 35.5 Å². The van der Waals surface area contributed by atoms with E-state index in [4.69, 9.17) is 9.15 Å². The Morgan fingerprint density at radius 1 is 1.06 bits per heavy atom. The molecule has 35 heavy (non-hydrogen) atoms. The van der Waals surface area contributed by atoms with Gasteiger partial charge in [0.1, 0.15) is 5.75 Å². The first-order valence-corrected chi connectivity index (χ1v) is 11.1. The zero-order valence-electron chi connectivity index (χ0n) is 20.0. The van der Waals surface area contributed by atoms with Gasteiger partial charge in [-0.2, -0.15) is 5.10 Å². The molecular formula is C27H27N3O5. The van der Waals surface area contributed by atoms with Gasteiger partial charge >= 0.3 is 5.97 Å². The summed E-state index contributed by atoms with van der Waals surface area (Å²) < 4.78 is 12.5. The number of aryl methyl sites for hydroxylation is 2. The highest BCUT2D eigenvalue weighted by molar-refractivity contribution is 5.93. The Morgan fingerprint density at radius 3 is 2.40 bits per heavy atom. The van der Waals surface area contributed by atoms with Gasteiger partial charge in [-0.1, -0.05) is 36.4 Å². The molecule has 0 radical (unpaired) electrons. The van der Waals surface area contributed by atoms with Crippen molar-refractivity contribution in [3.63, 3.8) is 0 Å². The molecule has 0 aliphatic heterocycles. The second-order valence-corrected chi connectivity index (χ2v) is 8.83. The zero-order chi connectivity index (χ0) is 25.2. The van der Waals surface area contributed by atoms with Gasteiger partial charge < -0.3 is 19.6 Å². The maximum atomic E-state index is 12.8. The average molecular weight is 474 g/mol. The molecule has 0 saturated carbocycles. The Bertz CT molecular complexity index is 1350. The number of hydrogen-bond donors (Lipinski definition) is 2. The number of furan rings is 1. The molecule has 0 atom stereocenters. The molecule has 0 spiro atoms. The molecule has 180 valence electrons. The van der Waals surface area contributed by atoms with Crippen LogP contribution in [-0.2, 0) is 18.4 Å². The van der Waals surface area contributed by atoms with E-state index in [1.54, 1.807) is 42.5 Å². The van der Waals surface area contributed by atoms with Crippen LogP contribution in [0, 0.1) is 6.92 Å². The molecule has 0 unspecified atom stereocenters. The number of nitrogens with one attached hydrogen (secondary N) is 1. The minimum Gasteiger partial charge on any atom is -0.478 e. The lowest BCUT2D eigenvalue weighted by atomic mass is 10.0. The summed E-state index contributed by atoms with van der Waals surface area (Å²) in [4.78, 5) is 24.1. The van der Waals surface area contributed by atoms with Gasteiger partial charge in [0, 0.05) is 19.2 Å². The van der Waals surface area contributed by atoms with Crippen molar-refractivity contribution in [3.05, 3.63) is 83.9 Å². The maximum Gasteiger partial charge on any atom is 0.347 e. The molecule has 8 heteroatoms. The van der Waals surface area contributed by atoms with Crippen LogP contribution >= 0.6 is 0 Å². The van der Waals surface area contributed by atoms with Crippen molar-refractivity contribution in [2.45, 2.75) is 32.9 Å². The lowest BCUT2D eigenvalue weighted by Crippen LogP contribution is -2.38. The van der Waals surface area contributed by atoms with Crippen LogP contribution < -0.4 is 10.1 Å². The molecule has 4 aromatic rings. The second-order valence-electron chi connectivity index (χ2n) is 8.83. The van der Waals surface area contributed by atoms with Crippen LogP contribution in [0.3, 0.4) is 0 Å². The van der Waals surface area contributed by atoms with Gasteiger partial charge in [-0.3, -0.25) is 9.48 Å². The van der Waals surface area contributed by atoms with Crippen molar-refractivity contribution in [1.82, 2.24) is 15.1 Å². The van der Waals surface area contributed by atoms with E-state index < -0.39 is 11.6 Å². The van der Waals surface area contributed by atoms with Crippen molar-refractivity contribution in [1.29, 1.82) is 0 Å². The number of benzene rings is 2. The number of carbonyl (C=O) groups excluding carboxylic acids is 1. The number of aliphatic carboxylic acids is 1. The highest BCUT2D eigenvalue weighted by atomic mass is 16.5. The van der Waals surface area contributed by atoms with E-state index in [9.17, 15) is 14.7 Å². The second kappa shape index (κ2) is 9.50. The molecule has 2 aromatic heterocycles. The van der Waals surface area contributed by atoms with Gasteiger partial charge in [-0.25, -0.2) is 4.79 Å². The summed E-state index contributed by atoms with van der Waals surface area (Å²) >= 11 is 0. The first-order valence-electron chi connectivity index (χ1n) is 11.1. The van der Waals surface area contributed by atoms with Crippen molar-refractivity contribution in [2.24, 2.45) is 7.05 Å². The standard InChI is InChI=1S/C27H27N3O5/c1-17-13-18(5-10-24(17)35-27(2,3)26(32)33)15-28-25(31)22-14-23(30(4)29-22)20-8-6-19(7-9-20)21-11-12-34-16-21/h5-14,16H,15H2,1-4H3,(H,28,31)(H,32,33). The van der Waals surface area contributed by atoms with E-state index in [0.717, 1.165) is 33.5 Å². The number of carboxylic acids is 1. The highest BCUT2D eigenvalue weighted by Crippen LogP contribution is 2.26. The summed E-state index contributed by atoms with van der Waals surface area (Å²) in [5.41, 5.74) is 4.45. The summed E-state index contributed by atoms with van der Waals surface area (Å²) in [5.74, 6) is -0.843. The fourth-order valence-corrected chi connectivity index (χ4v) is 3.64. The largest absolute Gasteiger partial charge is 0.478 e. The van der Waals surface area contributed by atoms with E-state index in [0.29, 0.717) is 18.0 Å². The van der Waals surface area contributed by atoms with Crippen molar-refractivity contribution in [2.75, 3.05) is 0 Å². The molecule has 1 amide bonds. The summed E-state index contributed by atoms with van der Waals surface area (Å²) in [6, 6.07) is 17.0. The summed E-state index contributed by atoms with van der Waals surface area (Å²) in [6.45, 7) is 5.13. The highest BCUT2D eigenvalue weighted by Gasteiger charge is 2.29. The smallest absolute Gasteiger partial charge is 0.347 e. The predicted octanol–water partition coefficient (Wildman–Crippen LogP) is 4.83. The molecule has 2 heterocycles. The summed E-state index contributed by atoms with van der Waals surface area (Å²) in [5, 5.41) is 16.5. The molecule has 2 aromatic carbocycles. The first-order chi connectivity index (χ1) is 16.6. The summed E-state index contributed by atoms with van der Waals surface area (Å²) in [7, 11) is 1.80. The minimum absolute atomic E-state index is 0.285. The number of carbonyl (C=O) groups is 2. The number of hydrogen-bond acceptors (Lipinski definition) is 5. The number of carboxylic acid groups (broad SMARTS) is 1. The van der Waals surface area contributed by atoms with E-state index in [2.05, 4.69) is 10.4 Å². The maximum absolute atomic E-state index is 12.8. The van der Waals surface area contributed by atoms with Crippen LogP contribution in [0.25, 0.3) is 22.4 Å². The Kier molecular flexibility index (Phi) is 6.46. The fourth-order valence-electron chi connectivity index (χ4n) is 3.64. The third-order valence-electron chi connectivity index (χ3n) is 5.72. The number of rotatable bonds is 8. The van der Waals surface area contributed by atoms with E-state index in [1.807, 2.05) is 43.3 Å². The third-order valence-corrected chi connectivity index (χ3v) is 5.72. The molecule has 0 fully saturated rings. The van der Waals surface area contributed by atoms with E-state index in [1.165, 1.54) is 13.8 Å². The van der Waals surface area contributed by atoms with Crippen LogP contribution in [0.15, 0.2) is 71.5 Å². The van der Waals surface area contributed by atoms with Crippen LogP contribution in [0.5, 0.6) is 5.75 Å². The predicted molar refractivity (Wildman–Crippen MR) is 131 cm³/mol. The molecule has 0 aliphatic rings. The number of amides is 1. The van der Waals surface area contributed by atoms with Crippen LogP contribution in [0.4, 0.5) is 0 Å². The summed E-state index contributed by atoms with van der Waals surface area (Å²) in [6.07, 6.45) is 3.33. The van der Waals surface area contributed by atoms with E-state index in [-0.39, 0.29) is 5.91 Å². The van der Waals surface area contributed by atoms with Crippen molar-refractivity contribution >= 4 is 11.9 Å². The first kappa shape index (κ1) is 23.8. The lowest BCUT2D eigenvalue weighted by Gasteiger charge is -2.23. The molecule has 4 rings (SSSR count). The molecule has 0 bridgehead atoms. The lowest BCUT2D eigenvalue weighted by molar-refractivity contribution is -0.152. The topological polar surface area (TPSA) is 107 Å². The number of nitrogens with zero attached hydrogens (tertiary/aromatic N) is 2. The Balaban J connectivity index is 1.42. The van der Waals surface area contributed by atoms with Gasteiger partial charge in [0.05, 0.1) is 18.2 Å². The van der Waals surface area contributed by atoms with Gasteiger partial charge in [0.15, 0.2) is 11.3 Å². The molecule has 0 aliphatic carbocycles. The Hall–Kier alpha value is -4.33. The Morgan fingerprint density at radius 2 is 1.77 bits per heavy atom. The number of aromatic nitrogens is 2. The quantitative estimate of drug-likeness (QED) is 0.380. The normalized spacial score (nSPS) is 11.3. The Labute approximate surface area is 203 Å². The average Bonchev–Trinajstić information content (AvgIpc) is 3.49. The van der Waals surface area contributed by atoms with Gasteiger partial charge in [0.2, 0.25) is 0 Å². The minimum atomic E-state index is -1.34. The number of ether oxygens (including phenoxy) is 1. The van der Waals surface area contributed by atoms with E-state index >= 15 is 0 Å². The molecule has 8 nitrogen and oxygen atoms in total. The molecule has 0 saturated heterocycles. The van der Waals surface area contributed by atoms with Gasteiger partial charge in [-0.15, -0.1) is 0 Å². The fraction of sp³-hybridized carbons (Fsp3) is 0.222. The third kappa shape index (κ3) is 5.27. The van der Waals surface area contributed by atoms with Gasteiger partial charge in [-0.05, 0) is 61.2 Å². The molecular weight excluding hydrogens is 446 g/mol. The zero-order valence-corrected chi connectivity index (χ0v) is 20.0. The van der Waals surface area contributed by atoms with Crippen LogP contribution in [-0.4, -0.2) is 32.4 Å². The monoisotopic (exact) mass is 473 g/mol.